The molecule has 1 aliphatic carbocycles. The predicted molar refractivity (Wildman–Crippen MR) is 89.8 cm³/mol. The van der Waals surface area contributed by atoms with E-state index in [4.69, 9.17) is 0 Å². The fraction of sp³-hybridized carbons (Fsp3) is 0.150. The molecule has 0 amide bonds. The zero-order chi connectivity index (χ0) is 14.6. The lowest BCUT2D eigenvalue weighted by Crippen LogP contribution is -2.22. The zero-order valence-corrected chi connectivity index (χ0v) is 12.2. The SMILES string of the molecule is C1=CC2=NCN3C(c4ccc(-c5ccccc5)cc4)C23C=C1. The van der Waals surface area contributed by atoms with Crippen LogP contribution < -0.4 is 0 Å². The molecule has 3 unspecified atom stereocenters. The molecule has 3 aliphatic rings. The first-order valence-corrected chi connectivity index (χ1v) is 7.72. The first-order chi connectivity index (χ1) is 10.9. The Bertz CT molecular complexity index is 815. The average Bonchev–Trinajstić information content (AvgIpc) is 3.05. The largest absolute Gasteiger partial charge is 0.272 e. The maximum atomic E-state index is 4.62. The summed E-state index contributed by atoms with van der Waals surface area (Å²) in [5, 5.41) is 0. The molecule has 3 atom stereocenters. The maximum absolute atomic E-state index is 4.62. The molecule has 5 rings (SSSR count). The van der Waals surface area contributed by atoms with Crippen LogP contribution in [0.2, 0.25) is 0 Å². The third kappa shape index (κ3) is 1.50. The molecule has 2 nitrogen and oxygen atoms in total. The quantitative estimate of drug-likeness (QED) is 0.761. The van der Waals surface area contributed by atoms with E-state index < -0.39 is 0 Å². The lowest BCUT2D eigenvalue weighted by molar-refractivity contribution is 0.521. The van der Waals surface area contributed by atoms with Crippen LogP contribution in [0.15, 0.2) is 83.9 Å². The summed E-state index contributed by atoms with van der Waals surface area (Å²) in [6.45, 7) is 0.815. The fourth-order valence-corrected chi connectivity index (χ4v) is 3.86. The average molecular weight is 284 g/mol. The standard InChI is InChI=1S/C20H16N2/c1-2-6-15(7-3-1)16-9-11-17(12-10-16)19-20-13-5-4-8-18(20)21-14-22(19)20/h1-13,19H,14H2. The third-order valence-electron chi connectivity index (χ3n) is 4.99. The van der Waals surface area contributed by atoms with Crippen molar-refractivity contribution >= 4 is 5.71 Å². The van der Waals surface area contributed by atoms with Crippen molar-refractivity contribution in [3.63, 3.8) is 0 Å². The van der Waals surface area contributed by atoms with Crippen LogP contribution in [-0.4, -0.2) is 22.8 Å². The van der Waals surface area contributed by atoms with Crippen molar-refractivity contribution in [1.29, 1.82) is 0 Å². The molecule has 0 saturated carbocycles. The number of hydrogen-bond acceptors (Lipinski definition) is 2. The van der Waals surface area contributed by atoms with Crippen molar-refractivity contribution < 1.29 is 0 Å². The van der Waals surface area contributed by atoms with Gasteiger partial charge in [0.15, 0.2) is 0 Å². The van der Waals surface area contributed by atoms with E-state index >= 15 is 0 Å². The molecule has 2 heterocycles. The number of hydrogen-bond donors (Lipinski definition) is 0. The van der Waals surface area contributed by atoms with Crippen molar-refractivity contribution in [3.8, 4) is 11.1 Å². The molecule has 2 aromatic rings. The zero-order valence-electron chi connectivity index (χ0n) is 12.2. The van der Waals surface area contributed by atoms with Crippen molar-refractivity contribution in [2.24, 2.45) is 4.99 Å². The molecule has 2 aromatic carbocycles. The second kappa shape index (κ2) is 4.28. The molecule has 0 bridgehead atoms. The number of aliphatic imine (C=N–C) groups is 1. The van der Waals surface area contributed by atoms with Gasteiger partial charge in [-0.1, -0.05) is 72.8 Å². The molecule has 106 valence electrons. The lowest BCUT2D eigenvalue weighted by atomic mass is 9.90. The minimum absolute atomic E-state index is 0.0447. The van der Waals surface area contributed by atoms with Crippen molar-refractivity contribution in [3.05, 3.63) is 84.5 Å². The van der Waals surface area contributed by atoms with Gasteiger partial charge in [-0.3, -0.25) is 9.89 Å². The topological polar surface area (TPSA) is 15.4 Å². The summed E-state index contributed by atoms with van der Waals surface area (Å²) in [6, 6.07) is 20.0. The third-order valence-corrected chi connectivity index (χ3v) is 4.99. The molecule has 1 fully saturated rings. The van der Waals surface area contributed by atoms with Gasteiger partial charge >= 0.3 is 0 Å². The Kier molecular flexibility index (Phi) is 2.36. The molecule has 0 aromatic heterocycles. The van der Waals surface area contributed by atoms with Crippen LogP contribution in [0.4, 0.5) is 0 Å². The van der Waals surface area contributed by atoms with E-state index in [0.717, 1.165) is 6.67 Å². The Morgan fingerprint density at radius 1 is 0.909 bits per heavy atom. The highest BCUT2D eigenvalue weighted by atomic mass is 15.5. The maximum Gasteiger partial charge on any atom is 0.104 e. The van der Waals surface area contributed by atoms with Crippen LogP contribution >= 0.6 is 0 Å². The summed E-state index contributed by atoms with van der Waals surface area (Å²) in [7, 11) is 0. The van der Waals surface area contributed by atoms with Gasteiger partial charge in [-0.2, -0.15) is 0 Å². The number of benzene rings is 2. The van der Waals surface area contributed by atoms with E-state index in [0.29, 0.717) is 6.04 Å². The van der Waals surface area contributed by atoms with Crippen molar-refractivity contribution in [2.75, 3.05) is 6.67 Å². The van der Waals surface area contributed by atoms with Crippen molar-refractivity contribution in [2.45, 2.75) is 11.6 Å². The summed E-state index contributed by atoms with van der Waals surface area (Å²) in [4.78, 5) is 7.08. The van der Waals surface area contributed by atoms with E-state index in [9.17, 15) is 0 Å². The van der Waals surface area contributed by atoms with E-state index in [2.05, 4.69) is 88.8 Å². The molecular weight excluding hydrogens is 268 g/mol. The van der Waals surface area contributed by atoms with Crippen LogP contribution in [0.5, 0.6) is 0 Å². The van der Waals surface area contributed by atoms with Crippen LogP contribution in [0, 0.1) is 0 Å². The van der Waals surface area contributed by atoms with Crippen LogP contribution in [0.25, 0.3) is 11.1 Å². The van der Waals surface area contributed by atoms with Gasteiger partial charge in [0.1, 0.15) is 5.54 Å². The fourth-order valence-electron chi connectivity index (χ4n) is 3.86. The molecule has 0 radical (unpaired) electrons. The Morgan fingerprint density at radius 3 is 2.50 bits per heavy atom. The highest BCUT2D eigenvalue weighted by molar-refractivity contribution is 6.10. The van der Waals surface area contributed by atoms with E-state index in [1.165, 1.54) is 22.4 Å². The van der Waals surface area contributed by atoms with Gasteiger partial charge < -0.3 is 0 Å². The molecule has 1 spiro atoms. The summed E-state index contributed by atoms with van der Waals surface area (Å²) in [5.74, 6) is 0. The molecule has 2 aliphatic heterocycles. The molecule has 2 heteroatoms. The Labute approximate surface area is 130 Å². The van der Waals surface area contributed by atoms with Gasteiger partial charge in [-0.25, -0.2) is 0 Å². The first kappa shape index (κ1) is 12.1. The van der Waals surface area contributed by atoms with Gasteiger partial charge in [-0.05, 0) is 22.8 Å². The van der Waals surface area contributed by atoms with E-state index in [1.807, 2.05) is 0 Å². The summed E-state index contributed by atoms with van der Waals surface area (Å²) >= 11 is 0. The first-order valence-electron chi connectivity index (χ1n) is 7.72. The molecule has 0 N–H and O–H groups in total. The molecule has 1 saturated heterocycles. The summed E-state index contributed by atoms with van der Waals surface area (Å²) in [6.07, 6.45) is 8.68. The smallest absolute Gasteiger partial charge is 0.104 e. The van der Waals surface area contributed by atoms with E-state index in [-0.39, 0.29) is 5.54 Å². The monoisotopic (exact) mass is 284 g/mol. The summed E-state index contributed by atoms with van der Waals surface area (Å²) in [5.41, 5.74) is 5.18. The second-order valence-corrected chi connectivity index (χ2v) is 6.09. The van der Waals surface area contributed by atoms with Gasteiger partial charge in [0.05, 0.1) is 18.4 Å². The number of allylic oxidation sites excluding steroid dienone is 2. The minimum Gasteiger partial charge on any atom is -0.272 e. The van der Waals surface area contributed by atoms with E-state index in [1.54, 1.807) is 0 Å². The molecular formula is C20H16N2. The minimum atomic E-state index is 0.0447. The predicted octanol–water partition coefficient (Wildman–Crippen LogP) is 3.99. The van der Waals surface area contributed by atoms with Gasteiger partial charge in [0.25, 0.3) is 0 Å². The Balaban J connectivity index is 1.48. The Morgan fingerprint density at radius 2 is 1.68 bits per heavy atom. The summed E-state index contributed by atoms with van der Waals surface area (Å²) < 4.78 is 0. The van der Waals surface area contributed by atoms with Crippen LogP contribution in [-0.2, 0) is 0 Å². The normalized spacial score (nSPS) is 30.6. The van der Waals surface area contributed by atoms with Crippen LogP contribution in [0.3, 0.4) is 0 Å². The number of nitrogens with zero attached hydrogens (tertiary/aromatic N) is 2. The van der Waals surface area contributed by atoms with Gasteiger partial charge in [0.2, 0.25) is 0 Å². The highest BCUT2D eigenvalue weighted by Gasteiger charge is 2.66. The lowest BCUT2D eigenvalue weighted by Gasteiger charge is -2.12. The number of rotatable bonds is 2. The second-order valence-electron chi connectivity index (χ2n) is 6.09. The van der Waals surface area contributed by atoms with Crippen LogP contribution in [0.1, 0.15) is 11.6 Å². The van der Waals surface area contributed by atoms with Gasteiger partial charge in [-0.15, -0.1) is 0 Å². The molecule has 22 heavy (non-hydrogen) atoms. The highest BCUT2D eigenvalue weighted by Crippen LogP contribution is 2.58. The van der Waals surface area contributed by atoms with Gasteiger partial charge in [0, 0.05) is 0 Å². The van der Waals surface area contributed by atoms with Crippen molar-refractivity contribution in [1.82, 2.24) is 4.90 Å². The Hall–Kier alpha value is -2.45.